The van der Waals surface area contributed by atoms with Crippen LogP contribution in [0.2, 0.25) is 0 Å². The number of rotatable bonds is 5. The van der Waals surface area contributed by atoms with Crippen LogP contribution in [-0.2, 0) is 0 Å². The largest absolute Gasteiger partial charge is 0.408 e. The number of aryl methyl sites for hydroxylation is 1. The van der Waals surface area contributed by atoms with Crippen LogP contribution in [0.3, 0.4) is 0 Å². The Morgan fingerprint density at radius 2 is 1.84 bits per heavy atom. The number of halogens is 4. The Morgan fingerprint density at radius 3 is 2.50 bits per heavy atom. The highest BCUT2D eigenvalue weighted by Crippen LogP contribution is 2.39. The van der Waals surface area contributed by atoms with Gasteiger partial charge >= 0.3 is 6.18 Å². The second kappa shape index (κ2) is 8.70. The number of benzene rings is 1. The molecule has 3 aromatic rings. The van der Waals surface area contributed by atoms with Crippen molar-refractivity contribution in [3.8, 4) is 11.4 Å². The Kier molecular flexibility index (Phi) is 5.96. The number of alkyl halides is 3. The van der Waals surface area contributed by atoms with Crippen LogP contribution in [0.25, 0.3) is 11.4 Å². The van der Waals surface area contributed by atoms with Gasteiger partial charge in [-0.3, -0.25) is 0 Å². The maximum atomic E-state index is 13.7. The van der Waals surface area contributed by atoms with Crippen molar-refractivity contribution in [2.45, 2.75) is 44.3 Å². The zero-order valence-electron chi connectivity index (χ0n) is 17.1. The summed E-state index contributed by atoms with van der Waals surface area (Å²) in [6, 6.07) is 7.29. The van der Waals surface area contributed by atoms with Gasteiger partial charge in [0.05, 0.1) is 18.4 Å². The summed E-state index contributed by atoms with van der Waals surface area (Å²) in [4.78, 5) is 13.2. The number of anilines is 2. The molecule has 168 valence electrons. The summed E-state index contributed by atoms with van der Waals surface area (Å²) in [5.41, 5.74) is 1.91. The fraction of sp³-hybridized carbons (Fsp3) is 0.318. The minimum atomic E-state index is -4.46. The quantitative estimate of drug-likeness (QED) is 0.448. The molecule has 32 heavy (non-hydrogen) atoms. The van der Waals surface area contributed by atoms with Crippen molar-refractivity contribution in [3.63, 3.8) is 0 Å². The van der Waals surface area contributed by atoms with E-state index in [1.54, 1.807) is 30.3 Å². The summed E-state index contributed by atoms with van der Waals surface area (Å²) in [6.45, 7) is 1.83. The second-order valence-corrected chi connectivity index (χ2v) is 7.64. The van der Waals surface area contributed by atoms with Gasteiger partial charge < -0.3 is 15.3 Å². The Morgan fingerprint density at radius 1 is 1.09 bits per heavy atom. The van der Waals surface area contributed by atoms with Crippen LogP contribution >= 0.6 is 0 Å². The predicted molar refractivity (Wildman–Crippen MR) is 111 cm³/mol. The third-order valence-electron chi connectivity index (χ3n) is 5.50. The Bertz CT molecular complexity index is 1060. The van der Waals surface area contributed by atoms with Crippen molar-refractivity contribution in [2.24, 2.45) is 0 Å². The van der Waals surface area contributed by atoms with E-state index in [0.717, 1.165) is 22.9 Å². The Hall–Kier alpha value is -3.27. The molecule has 1 aliphatic heterocycles. The number of nitrogens with one attached hydrogen (secondary N) is 1. The molecule has 0 radical (unpaired) electrons. The standard InChI is InChI=1S/C22H21F4N5O/c1-13-5-6-15(10-16(13)20-28-11-14(23)12-29-20)30-21(32)17-7-8-18(22(24,25)26)31(17)19-4-2-3-9-27-19/h2-6,9-12,17-18,21,30,32H,7-8H2,1H3/t17?,18-,21-/m1/s1. The molecule has 1 saturated heterocycles. The van der Waals surface area contributed by atoms with Crippen molar-refractivity contribution >= 4 is 11.5 Å². The first kappa shape index (κ1) is 21.9. The van der Waals surface area contributed by atoms with E-state index in [-0.39, 0.29) is 18.7 Å². The first-order valence-electron chi connectivity index (χ1n) is 10.0. The summed E-state index contributed by atoms with van der Waals surface area (Å²) < 4.78 is 54.1. The number of aromatic nitrogens is 3. The topological polar surface area (TPSA) is 74.2 Å². The van der Waals surface area contributed by atoms with Crippen LogP contribution in [0.15, 0.2) is 55.0 Å². The van der Waals surface area contributed by atoms with Gasteiger partial charge in [0.2, 0.25) is 0 Å². The van der Waals surface area contributed by atoms with Crippen molar-refractivity contribution in [1.29, 1.82) is 0 Å². The average molecular weight is 447 g/mol. The van der Waals surface area contributed by atoms with Crippen molar-refractivity contribution in [1.82, 2.24) is 15.0 Å². The second-order valence-electron chi connectivity index (χ2n) is 7.64. The first-order valence-corrected chi connectivity index (χ1v) is 10.0. The van der Waals surface area contributed by atoms with Crippen LogP contribution < -0.4 is 10.2 Å². The van der Waals surface area contributed by atoms with Gasteiger partial charge in [-0.2, -0.15) is 13.2 Å². The highest BCUT2D eigenvalue weighted by Gasteiger charge is 2.51. The maximum absolute atomic E-state index is 13.7. The summed E-state index contributed by atoms with van der Waals surface area (Å²) in [5, 5.41) is 13.7. The van der Waals surface area contributed by atoms with E-state index in [4.69, 9.17) is 0 Å². The fourth-order valence-corrected chi connectivity index (χ4v) is 3.98. The van der Waals surface area contributed by atoms with Gasteiger partial charge in [-0.25, -0.2) is 19.3 Å². The van der Waals surface area contributed by atoms with Crippen molar-refractivity contribution in [3.05, 3.63) is 66.4 Å². The lowest BCUT2D eigenvalue weighted by molar-refractivity contribution is -0.146. The zero-order chi connectivity index (χ0) is 22.9. The lowest BCUT2D eigenvalue weighted by Gasteiger charge is -2.35. The molecule has 2 aromatic heterocycles. The molecule has 0 bridgehead atoms. The predicted octanol–water partition coefficient (Wildman–Crippen LogP) is 4.32. The molecule has 0 saturated carbocycles. The minimum absolute atomic E-state index is 0.134. The molecule has 4 rings (SSSR count). The molecule has 3 heterocycles. The molecule has 2 N–H and O–H groups in total. The summed E-state index contributed by atoms with van der Waals surface area (Å²) >= 11 is 0. The molecule has 1 aliphatic rings. The van der Waals surface area contributed by atoms with E-state index >= 15 is 0 Å². The molecule has 10 heteroatoms. The Balaban J connectivity index is 1.60. The normalized spacial score (nSPS) is 19.8. The summed E-state index contributed by atoms with van der Waals surface area (Å²) in [5.74, 6) is -0.108. The van der Waals surface area contributed by atoms with E-state index in [1.807, 2.05) is 6.92 Å². The number of hydrogen-bond donors (Lipinski definition) is 2. The molecular weight excluding hydrogens is 426 g/mol. The van der Waals surface area contributed by atoms with Gasteiger partial charge in [-0.15, -0.1) is 0 Å². The van der Waals surface area contributed by atoms with Crippen LogP contribution in [0, 0.1) is 12.7 Å². The highest BCUT2D eigenvalue weighted by atomic mass is 19.4. The SMILES string of the molecule is Cc1ccc(N[C@H](O)C2CC[C@H](C(F)(F)F)N2c2ccccn2)cc1-c1ncc(F)cn1. The number of hydrogen-bond acceptors (Lipinski definition) is 6. The monoisotopic (exact) mass is 447 g/mol. The van der Waals surface area contributed by atoms with E-state index in [2.05, 4.69) is 20.3 Å². The fourth-order valence-electron chi connectivity index (χ4n) is 3.98. The first-order chi connectivity index (χ1) is 15.2. The molecule has 0 spiro atoms. The van der Waals surface area contributed by atoms with Gasteiger partial charge in [-0.05, 0) is 49.6 Å². The van der Waals surface area contributed by atoms with Gasteiger partial charge in [0, 0.05) is 17.4 Å². The van der Waals surface area contributed by atoms with Crippen molar-refractivity contribution in [2.75, 3.05) is 10.2 Å². The average Bonchev–Trinajstić information content (AvgIpc) is 3.22. The van der Waals surface area contributed by atoms with E-state index < -0.39 is 30.3 Å². The van der Waals surface area contributed by atoms with Gasteiger partial charge in [0.15, 0.2) is 11.6 Å². The number of nitrogens with zero attached hydrogens (tertiary/aromatic N) is 4. The third kappa shape index (κ3) is 4.50. The van der Waals surface area contributed by atoms with Gasteiger partial charge in [-0.1, -0.05) is 12.1 Å². The lowest BCUT2D eigenvalue weighted by Crippen LogP contribution is -2.51. The minimum Gasteiger partial charge on any atom is -0.372 e. The van der Waals surface area contributed by atoms with Gasteiger partial charge in [0.1, 0.15) is 18.1 Å². The van der Waals surface area contributed by atoms with Gasteiger partial charge in [0.25, 0.3) is 0 Å². The molecule has 1 fully saturated rings. The number of pyridine rings is 1. The molecule has 6 nitrogen and oxygen atoms in total. The number of aliphatic hydroxyl groups is 1. The molecule has 0 aliphatic carbocycles. The van der Waals surface area contributed by atoms with Crippen LogP contribution in [0.4, 0.5) is 29.1 Å². The zero-order valence-corrected chi connectivity index (χ0v) is 17.1. The molecular formula is C22H21F4N5O. The van der Waals surface area contributed by atoms with E-state index in [0.29, 0.717) is 17.1 Å². The van der Waals surface area contributed by atoms with E-state index in [1.165, 1.54) is 12.3 Å². The molecule has 1 aromatic carbocycles. The third-order valence-corrected chi connectivity index (χ3v) is 5.50. The smallest absolute Gasteiger partial charge is 0.372 e. The maximum Gasteiger partial charge on any atom is 0.408 e. The molecule has 3 atom stereocenters. The van der Waals surface area contributed by atoms with E-state index in [9.17, 15) is 22.7 Å². The summed E-state index contributed by atoms with van der Waals surface area (Å²) in [6.07, 6.45) is -2.24. The van der Waals surface area contributed by atoms with Crippen LogP contribution in [0.5, 0.6) is 0 Å². The number of aliphatic hydroxyl groups excluding tert-OH is 1. The molecule has 1 unspecified atom stereocenters. The van der Waals surface area contributed by atoms with Crippen LogP contribution in [-0.4, -0.2) is 44.5 Å². The summed E-state index contributed by atoms with van der Waals surface area (Å²) in [7, 11) is 0. The highest BCUT2D eigenvalue weighted by molar-refractivity contribution is 5.66. The lowest BCUT2D eigenvalue weighted by atomic mass is 10.1. The molecule has 0 amide bonds. The van der Waals surface area contributed by atoms with Crippen LogP contribution in [0.1, 0.15) is 18.4 Å². The Labute approximate surface area is 182 Å². The van der Waals surface area contributed by atoms with Crippen molar-refractivity contribution < 1.29 is 22.7 Å².